The Kier molecular flexibility index (Phi) is 5.84. The molecule has 2 aliphatic heterocycles. The van der Waals surface area contributed by atoms with Gasteiger partial charge >= 0.3 is 0 Å². The van der Waals surface area contributed by atoms with E-state index in [1.165, 1.54) is 46.5 Å². The minimum Gasteiger partial charge on any atom is -0.390 e. The molecule has 3 aromatic heterocycles. The first kappa shape index (κ1) is 24.4. The van der Waals surface area contributed by atoms with E-state index in [-0.39, 0.29) is 28.3 Å². The maximum atomic E-state index is 15.3. The fourth-order valence-electron chi connectivity index (χ4n) is 5.27. The average Bonchev–Trinajstić information content (AvgIpc) is 3.65. The second-order valence-electron chi connectivity index (χ2n) is 9.18. The first-order valence-electron chi connectivity index (χ1n) is 11.6. The lowest BCUT2D eigenvalue weighted by Gasteiger charge is -2.42. The van der Waals surface area contributed by atoms with Gasteiger partial charge in [0.2, 0.25) is 5.91 Å². The van der Waals surface area contributed by atoms with Crippen LogP contribution in [0.15, 0.2) is 43.0 Å². The van der Waals surface area contributed by atoms with Crippen molar-refractivity contribution in [2.45, 2.75) is 37.3 Å². The van der Waals surface area contributed by atoms with E-state index in [9.17, 15) is 14.3 Å². The summed E-state index contributed by atoms with van der Waals surface area (Å²) in [5, 5.41) is 20.3. The van der Waals surface area contributed by atoms with Gasteiger partial charge in [0, 0.05) is 28.8 Å². The number of halogens is 3. The number of fused-ring (bicyclic) bond motifs is 1. The fourth-order valence-corrected chi connectivity index (χ4v) is 5.43. The quantitative estimate of drug-likeness (QED) is 0.377. The zero-order chi connectivity index (χ0) is 26.6. The number of carbonyl (C=O) groups is 1. The minimum absolute atomic E-state index is 0.0846. The number of hydrogen-bond donors (Lipinski definition) is 2. The van der Waals surface area contributed by atoms with Crippen molar-refractivity contribution >= 4 is 30.9 Å². The summed E-state index contributed by atoms with van der Waals surface area (Å²) in [5.41, 5.74) is 0.140. The molecule has 10 nitrogen and oxygen atoms in total. The number of H-pyrrole nitrogens is 1. The lowest BCUT2D eigenvalue weighted by atomic mass is 9.68. The van der Waals surface area contributed by atoms with Gasteiger partial charge in [0.25, 0.3) is 0 Å². The second-order valence-corrected chi connectivity index (χ2v) is 9.59. The summed E-state index contributed by atoms with van der Waals surface area (Å²) < 4.78 is 31.3. The van der Waals surface area contributed by atoms with Crippen LogP contribution in [-0.2, 0) is 11.4 Å². The number of carbonyl (C=O) groups excluding carboxylic acids is 1. The number of benzene rings is 1. The minimum atomic E-state index is -1.13. The highest BCUT2D eigenvalue weighted by Crippen LogP contribution is 2.48. The molecule has 1 fully saturated rings. The third kappa shape index (κ3) is 3.81. The summed E-state index contributed by atoms with van der Waals surface area (Å²) in [5.74, 6) is -1.35. The van der Waals surface area contributed by atoms with Gasteiger partial charge in [-0.3, -0.25) is 9.78 Å². The molecule has 4 aromatic rings. The van der Waals surface area contributed by atoms with Crippen LogP contribution in [0.1, 0.15) is 42.4 Å². The van der Waals surface area contributed by atoms with Crippen molar-refractivity contribution in [1.29, 1.82) is 0 Å². The van der Waals surface area contributed by atoms with Crippen LogP contribution in [-0.4, -0.2) is 64.4 Å². The second kappa shape index (κ2) is 9.10. The van der Waals surface area contributed by atoms with Crippen molar-refractivity contribution in [2.24, 2.45) is 0 Å². The van der Waals surface area contributed by atoms with Crippen molar-refractivity contribution in [3.8, 4) is 16.9 Å². The van der Waals surface area contributed by atoms with Crippen LogP contribution in [0.4, 0.5) is 8.78 Å². The summed E-state index contributed by atoms with van der Waals surface area (Å²) in [7, 11) is 6.77. The number of nitrogens with one attached hydrogen (secondary N) is 1. The van der Waals surface area contributed by atoms with Crippen LogP contribution in [0.3, 0.4) is 0 Å². The van der Waals surface area contributed by atoms with E-state index in [4.69, 9.17) is 19.4 Å². The fraction of sp³-hybridized carbons (Fsp3) is 0.250. The Labute approximate surface area is 220 Å². The molecule has 2 aliphatic rings. The summed E-state index contributed by atoms with van der Waals surface area (Å²) in [4.78, 5) is 26.3. The van der Waals surface area contributed by atoms with Gasteiger partial charge in [-0.15, -0.1) is 5.10 Å². The molecule has 14 heteroatoms. The van der Waals surface area contributed by atoms with E-state index in [0.29, 0.717) is 35.6 Å². The van der Waals surface area contributed by atoms with E-state index >= 15 is 4.39 Å². The Morgan fingerprint density at radius 2 is 2.08 bits per heavy atom. The van der Waals surface area contributed by atoms with Crippen molar-refractivity contribution in [3.63, 3.8) is 0 Å². The van der Waals surface area contributed by atoms with E-state index in [0.717, 1.165) is 0 Å². The van der Waals surface area contributed by atoms with Gasteiger partial charge in [-0.05, 0) is 53.5 Å². The molecular weight excluding hydrogens is 517 g/mol. The molecular formula is C24H18BClF2N8O2. The molecule has 2 radical (unpaired) electrons. The molecule has 1 saturated heterocycles. The number of aliphatic hydroxyl groups excluding tert-OH is 1. The highest BCUT2D eigenvalue weighted by molar-refractivity contribution is 6.31. The largest absolute Gasteiger partial charge is 0.390 e. The van der Waals surface area contributed by atoms with Crippen molar-refractivity contribution in [1.82, 2.24) is 40.1 Å². The molecule has 190 valence electrons. The number of imidazole rings is 1. The highest BCUT2D eigenvalue weighted by atomic mass is 35.5. The number of amides is 1. The number of aromatic amines is 1. The number of pyridine rings is 1. The lowest BCUT2D eigenvalue weighted by Crippen LogP contribution is -2.51. The maximum Gasteiger partial charge on any atom is 0.247 e. The molecule has 0 aliphatic carbocycles. The Bertz CT molecular complexity index is 1590. The van der Waals surface area contributed by atoms with Gasteiger partial charge in [0.15, 0.2) is 11.6 Å². The predicted molar refractivity (Wildman–Crippen MR) is 132 cm³/mol. The van der Waals surface area contributed by atoms with Gasteiger partial charge in [0.05, 0.1) is 35.2 Å². The number of nitrogens with zero attached hydrogens (tertiary/aromatic N) is 7. The molecule has 0 unspecified atom stereocenters. The third-order valence-corrected chi connectivity index (χ3v) is 7.27. The average molecular weight is 535 g/mol. The zero-order valence-electron chi connectivity index (χ0n) is 19.6. The molecule has 1 aromatic carbocycles. The summed E-state index contributed by atoms with van der Waals surface area (Å²) in [6, 6.07) is 3.92. The predicted octanol–water partition coefficient (Wildman–Crippen LogP) is 2.89. The van der Waals surface area contributed by atoms with Gasteiger partial charge in [0.1, 0.15) is 25.7 Å². The molecule has 2 N–H and O–H groups in total. The number of tetrazole rings is 1. The van der Waals surface area contributed by atoms with E-state index in [2.05, 4.69) is 30.5 Å². The van der Waals surface area contributed by atoms with Crippen molar-refractivity contribution < 1.29 is 18.7 Å². The Balaban J connectivity index is 1.36. The zero-order valence-corrected chi connectivity index (χ0v) is 20.4. The summed E-state index contributed by atoms with van der Waals surface area (Å²) in [6.45, 7) is -0.543. The molecule has 2 atom stereocenters. The molecule has 0 bridgehead atoms. The molecule has 38 heavy (non-hydrogen) atoms. The van der Waals surface area contributed by atoms with E-state index in [1.54, 1.807) is 6.07 Å². The molecule has 6 rings (SSSR count). The van der Waals surface area contributed by atoms with Crippen LogP contribution in [0, 0.1) is 11.6 Å². The first-order valence-corrected chi connectivity index (χ1v) is 12.0. The van der Waals surface area contributed by atoms with Crippen molar-refractivity contribution in [3.05, 3.63) is 76.7 Å². The molecule has 0 saturated carbocycles. The van der Waals surface area contributed by atoms with Crippen LogP contribution in [0.25, 0.3) is 22.5 Å². The van der Waals surface area contributed by atoms with Crippen LogP contribution < -0.4 is 0 Å². The molecule has 5 heterocycles. The normalized spacial score (nSPS) is 21.1. The summed E-state index contributed by atoms with van der Waals surface area (Å²) in [6.07, 6.45) is 6.55. The lowest BCUT2D eigenvalue weighted by molar-refractivity contribution is -0.130. The number of rotatable bonds is 5. The van der Waals surface area contributed by atoms with Gasteiger partial charge in [-0.2, -0.15) is 4.68 Å². The van der Waals surface area contributed by atoms with E-state index < -0.39 is 35.6 Å². The van der Waals surface area contributed by atoms with Crippen molar-refractivity contribution in [2.75, 3.05) is 0 Å². The van der Waals surface area contributed by atoms with Crippen LogP contribution in [0.5, 0.6) is 0 Å². The number of aromatic nitrogens is 7. The SMILES string of the molecule is [B][C@@]12CC[C@@H](c3ncc(-c4ccnc(CO)c4F)[nH]3)N1C(=O)C=C(c1c(-n3cnnn3)ccc(Cl)c1F)C2. The maximum absolute atomic E-state index is 15.3. The topological polar surface area (TPSA) is 126 Å². The van der Waals surface area contributed by atoms with Gasteiger partial charge in [-0.1, -0.05) is 11.6 Å². The van der Waals surface area contributed by atoms with E-state index in [1.807, 2.05) is 0 Å². The summed E-state index contributed by atoms with van der Waals surface area (Å²) >= 11 is 6.09. The Hall–Kier alpha value is -3.97. The van der Waals surface area contributed by atoms with Crippen LogP contribution in [0.2, 0.25) is 5.02 Å². The monoisotopic (exact) mass is 534 g/mol. The van der Waals surface area contributed by atoms with Gasteiger partial charge < -0.3 is 15.0 Å². The molecule has 0 spiro atoms. The molecule has 1 amide bonds. The first-order chi connectivity index (χ1) is 18.3. The highest BCUT2D eigenvalue weighted by Gasteiger charge is 2.49. The van der Waals surface area contributed by atoms with Crippen LogP contribution >= 0.6 is 11.6 Å². The number of aliphatic hydroxyl groups is 1. The smallest absolute Gasteiger partial charge is 0.247 e. The Morgan fingerprint density at radius 1 is 1.24 bits per heavy atom. The third-order valence-electron chi connectivity index (χ3n) is 6.98. The Morgan fingerprint density at radius 3 is 2.84 bits per heavy atom. The number of hydrogen-bond acceptors (Lipinski definition) is 7. The standard InChI is InChI=1S/C24H18BClF2N8O2/c25-24-5-3-18(23-30-9-15(32-23)13-4-6-29-16(10-37)21(13)27)36(24)19(38)7-12(8-24)20-17(35-11-31-33-34-35)2-1-14(26)22(20)28/h1-2,4,6-7,9,11,18,37H,3,5,8,10H2,(H,30,32)/t18-,24-/m0/s1. The van der Waals surface area contributed by atoms with Gasteiger partial charge in [-0.25, -0.2) is 13.8 Å².